The molecule has 0 saturated heterocycles. The van der Waals surface area contributed by atoms with E-state index in [1.54, 1.807) is 37.3 Å². The van der Waals surface area contributed by atoms with Gasteiger partial charge in [0.25, 0.3) is 0 Å². The number of benzene rings is 2. The molecule has 0 amide bonds. The van der Waals surface area contributed by atoms with Crippen molar-refractivity contribution in [1.82, 2.24) is 10.3 Å². The van der Waals surface area contributed by atoms with E-state index in [2.05, 4.69) is 10.3 Å². The number of hydrogen-bond donors (Lipinski definition) is 5. The van der Waals surface area contributed by atoms with Gasteiger partial charge < -0.3 is 31.1 Å². The van der Waals surface area contributed by atoms with Gasteiger partial charge in [-0.25, -0.2) is 4.79 Å². The summed E-state index contributed by atoms with van der Waals surface area (Å²) in [6.45, 7) is 4.37. The zero-order valence-corrected chi connectivity index (χ0v) is 16.8. The second kappa shape index (κ2) is 8.87. The topological polar surface area (TPSA) is 138 Å². The first-order valence-electron chi connectivity index (χ1n) is 9.60. The molecule has 6 N–H and O–H groups in total. The number of aromatic carboxylic acids is 1. The number of phenolic OH excluding ortho intramolecular Hbond substituents is 2. The fourth-order valence-electron chi connectivity index (χ4n) is 3.36. The van der Waals surface area contributed by atoms with Crippen molar-refractivity contribution in [3.8, 4) is 17.2 Å². The average Bonchev–Trinajstić information content (AvgIpc) is 2.66. The number of aromatic hydroxyl groups is 2. The molecule has 0 saturated carbocycles. The number of anilines is 1. The summed E-state index contributed by atoms with van der Waals surface area (Å²) in [5.41, 5.74) is 7.94. The van der Waals surface area contributed by atoms with E-state index in [9.17, 15) is 20.1 Å². The Kier molecular flexibility index (Phi) is 6.27. The van der Waals surface area contributed by atoms with E-state index in [1.807, 2.05) is 6.92 Å². The summed E-state index contributed by atoms with van der Waals surface area (Å²) < 4.78 is 5.99. The number of ether oxygens (including phenoxy) is 1. The summed E-state index contributed by atoms with van der Waals surface area (Å²) in [5.74, 6) is -0.661. The van der Waals surface area contributed by atoms with Gasteiger partial charge in [-0.05, 0) is 43.2 Å². The lowest BCUT2D eigenvalue weighted by molar-refractivity contribution is 0.0697. The van der Waals surface area contributed by atoms with Crippen molar-refractivity contribution < 1.29 is 24.9 Å². The van der Waals surface area contributed by atoms with Crippen LogP contribution in [0.3, 0.4) is 0 Å². The standard InChI is InChI=1S/C22H25N3O5/c1-3-14(24-10-13-7-15(26)9-16(27)8-13)11-30-18-6-4-5-17-20(18)21(23)19(22(28)29)12(2)25-17/h4-9,14,24,26-27H,3,10-11H2,1-2H3,(H2,23,25)(H,28,29). The summed E-state index contributed by atoms with van der Waals surface area (Å²) in [6.07, 6.45) is 0.767. The molecule has 1 atom stereocenters. The SMILES string of the molecule is CCC(COc1cccc2nc(C)c(C(=O)O)c(N)c12)NCc1cc(O)cc(O)c1. The van der Waals surface area contributed by atoms with Crippen LogP contribution < -0.4 is 15.8 Å². The van der Waals surface area contributed by atoms with E-state index in [1.165, 1.54) is 6.07 Å². The molecule has 8 heteroatoms. The number of rotatable bonds is 8. The molecule has 0 aliphatic carbocycles. The van der Waals surface area contributed by atoms with Crippen LogP contribution in [0.25, 0.3) is 10.9 Å². The van der Waals surface area contributed by atoms with Gasteiger partial charge in [-0.3, -0.25) is 4.98 Å². The highest BCUT2D eigenvalue weighted by Crippen LogP contribution is 2.33. The molecular weight excluding hydrogens is 386 g/mol. The molecule has 3 aromatic rings. The number of aromatic nitrogens is 1. The molecule has 0 radical (unpaired) electrons. The monoisotopic (exact) mass is 411 g/mol. The van der Waals surface area contributed by atoms with Crippen LogP contribution in [0.2, 0.25) is 0 Å². The van der Waals surface area contributed by atoms with Crippen LogP contribution in [0.15, 0.2) is 36.4 Å². The molecular formula is C22H25N3O5. The third kappa shape index (κ3) is 4.55. The number of nitrogen functional groups attached to an aromatic ring is 1. The molecule has 30 heavy (non-hydrogen) atoms. The van der Waals surface area contributed by atoms with Crippen molar-refractivity contribution in [2.45, 2.75) is 32.9 Å². The second-order valence-electron chi connectivity index (χ2n) is 7.10. The number of fused-ring (bicyclic) bond motifs is 1. The van der Waals surface area contributed by atoms with Crippen LogP contribution in [0.4, 0.5) is 5.69 Å². The van der Waals surface area contributed by atoms with Gasteiger partial charge in [-0.2, -0.15) is 0 Å². The van der Waals surface area contributed by atoms with Crippen molar-refractivity contribution in [1.29, 1.82) is 0 Å². The molecule has 1 heterocycles. The molecule has 158 valence electrons. The van der Waals surface area contributed by atoms with Gasteiger partial charge in [-0.1, -0.05) is 13.0 Å². The smallest absolute Gasteiger partial charge is 0.339 e. The molecule has 1 aromatic heterocycles. The van der Waals surface area contributed by atoms with Crippen molar-refractivity contribution in [3.05, 3.63) is 53.2 Å². The minimum atomic E-state index is -1.13. The van der Waals surface area contributed by atoms with Crippen LogP contribution >= 0.6 is 0 Å². The number of pyridine rings is 1. The maximum absolute atomic E-state index is 11.6. The molecule has 3 rings (SSSR count). The fraction of sp³-hybridized carbons (Fsp3) is 0.273. The van der Waals surface area contributed by atoms with Crippen molar-refractivity contribution in [3.63, 3.8) is 0 Å². The van der Waals surface area contributed by atoms with E-state index in [0.29, 0.717) is 35.5 Å². The van der Waals surface area contributed by atoms with E-state index in [0.717, 1.165) is 12.0 Å². The maximum atomic E-state index is 11.6. The predicted octanol–water partition coefficient (Wildman–Crippen LogP) is 3.18. The predicted molar refractivity (Wildman–Crippen MR) is 114 cm³/mol. The first-order valence-corrected chi connectivity index (χ1v) is 9.60. The van der Waals surface area contributed by atoms with Crippen molar-refractivity contribution in [2.24, 2.45) is 0 Å². The van der Waals surface area contributed by atoms with Crippen LogP contribution in [0, 0.1) is 6.92 Å². The Morgan fingerprint density at radius 3 is 2.57 bits per heavy atom. The second-order valence-corrected chi connectivity index (χ2v) is 7.10. The Morgan fingerprint density at radius 2 is 1.93 bits per heavy atom. The number of phenols is 2. The number of nitrogens with zero attached hydrogens (tertiary/aromatic N) is 1. The molecule has 0 spiro atoms. The Hall–Kier alpha value is -3.52. The average molecular weight is 411 g/mol. The first kappa shape index (κ1) is 21.2. The summed E-state index contributed by atoms with van der Waals surface area (Å²) in [6, 6.07) is 9.69. The van der Waals surface area contributed by atoms with E-state index >= 15 is 0 Å². The summed E-state index contributed by atoms with van der Waals surface area (Å²) in [5, 5.41) is 32.5. The maximum Gasteiger partial charge on any atom is 0.339 e. The largest absolute Gasteiger partial charge is 0.508 e. The molecule has 0 fully saturated rings. The molecule has 2 aromatic carbocycles. The van der Waals surface area contributed by atoms with Gasteiger partial charge in [0, 0.05) is 18.7 Å². The van der Waals surface area contributed by atoms with Gasteiger partial charge in [0.15, 0.2) is 0 Å². The Balaban J connectivity index is 1.78. The molecule has 0 aliphatic heterocycles. The molecule has 1 unspecified atom stereocenters. The summed E-state index contributed by atoms with van der Waals surface area (Å²) >= 11 is 0. The van der Waals surface area contributed by atoms with Crippen molar-refractivity contribution in [2.75, 3.05) is 12.3 Å². The van der Waals surface area contributed by atoms with Crippen LogP contribution in [-0.2, 0) is 6.54 Å². The normalized spacial score (nSPS) is 12.1. The third-order valence-electron chi connectivity index (χ3n) is 4.90. The van der Waals surface area contributed by atoms with Crippen LogP contribution in [-0.4, -0.2) is 38.9 Å². The number of nitrogens with two attached hydrogens (primary N) is 1. The number of nitrogens with one attached hydrogen (secondary N) is 1. The van der Waals surface area contributed by atoms with Gasteiger partial charge in [0.2, 0.25) is 0 Å². The Bertz CT molecular complexity index is 1060. The number of carbonyl (C=O) groups is 1. The summed E-state index contributed by atoms with van der Waals surface area (Å²) in [4.78, 5) is 15.9. The Labute approximate surface area is 173 Å². The highest BCUT2D eigenvalue weighted by atomic mass is 16.5. The highest BCUT2D eigenvalue weighted by molar-refractivity contribution is 6.06. The zero-order chi connectivity index (χ0) is 21.8. The van der Waals surface area contributed by atoms with Crippen molar-refractivity contribution >= 4 is 22.6 Å². The lowest BCUT2D eigenvalue weighted by Crippen LogP contribution is -2.33. The zero-order valence-electron chi connectivity index (χ0n) is 16.8. The summed E-state index contributed by atoms with van der Waals surface area (Å²) in [7, 11) is 0. The highest BCUT2D eigenvalue weighted by Gasteiger charge is 2.19. The lowest BCUT2D eigenvalue weighted by atomic mass is 10.1. The minimum Gasteiger partial charge on any atom is -0.508 e. The van der Waals surface area contributed by atoms with Gasteiger partial charge >= 0.3 is 5.97 Å². The number of carboxylic acid groups (broad SMARTS) is 1. The quantitative estimate of drug-likeness (QED) is 0.381. The number of carboxylic acids is 1. The number of hydrogen-bond acceptors (Lipinski definition) is 7. The Morgan fingerprint density at radius 1 is 1.23 bits per heavy atom. The van der Waals surface area contributed by atoms with E-state index < -0.39 is 5.97 Å². The van der Waals surface area contributed by atoms with Gasteiger partial charge in [0.1, 0.15) is 29.4 Å². The lowest BCUT2D eigenvalue weighted by Gasteiger charge is -2.19. The van der Waals surface area contributed by atoms with E-state index in [4.69, 9.17) is 10.5 Å². The fourth-order valence-corrected chi connectivity index (χ4v) is 3.36. The minimum absolute atomic E-state index is 0.000595. The van der Waals surface area contributed by atoms with Gasteiger partial charge in [-0.15, -0.1) is 0 Å². The molecule has 0 bridgehead atoms. The first-order chi connectivity index (χ1) is 14.3. The number of aryl methyl sites for hydroxylation is 1. The molecule has 0 aliphatic rings. The van der Waals surface area contributed by atoms with Crippen LogP contribution in [0.5, 0.6) is 17.2 Å². The third-order valence-corrected chi connectivity index (χ3v) is 4.90. The molecule has 8 nitrogen and oxygen atoms in total. The van der Waals surface area contributed by atoms with Crippen LogP contribution in [0.1, 0.15) is 35.0 Å². The van der Waals surface area contributed by atoms with E-state index in [-0.39, 0.29) is 28.8 Å². The van der Waals surface area contributed by atoms with Gasteiger partial charge in [0.05, 0.1) is 22.3 Å².